The van der Waals surface area contributed by atoms with E-state index in [0.717, 1.165) is 0 Å². The zero-order valence-electron chi connectivity index (χ0n) is 8.56. The van der Waals surface area contributed by atoms with E-state index in [2.05, 4.69) is 44.9 Å². The molecule has 0 aliphatic carbocycles. The Hall–Kier alpha value is -1.17. The molecule has 2 rings (SSSR count). The topological polar surface area (TPSA) is 69.7 Å². The summed E-state index contributed by atoms with van der Waals surface area (Å²) >= 11 is 0. The molecule has 0 spiro atoms. The standard InChI is InChI=1S/C8H16N6/c1-6-4-3-5-7(2)14(6)11-8-9-12-13-10-8/h6-7H,3-5H2,1-2H3,(H2,9,10,11,12,13). The van der Waals surface area contributed by atoms with Crippen molar-refractivity contribution < 1.29 is 0 Å². The van der Waals surface area contributed by atoms with Crippen molar-refractivity contribution >= 4 is 5.95 Å². The van der Waals surface area contributed by atoms with E-state index >= 15 is 0 Å². The van der Waals surface area contributed by atoms with Gasteiger partial charge in [0.25, 0.3) is 5.95 Å². The number of aromatic nitrogens is 4. The van der Waals surface area contributed by atoms with Crippen LogP contribution in [0.1, 0.15) is 33.1 Å². The summed E-state index contributed by atoms with van der Waals surface area (Å²) in [7, 11) is 0. The SMILES string of the molecule is CC1CCCC(C)N1Nc1nn[nH]n1. The maximum atomic E-state index is 3.88. The Labute approximate surface area is 83.0 Å². The van der Waals surface area contributed by atoms with E-state index in [1.807, 2.05) is 0 Å². The van der Waals surface area contributed by atoms with E-state index in [4.69, 9.17) is 0 Å². The van der Waals surface area contributed by atoms with Crippen molar-refractivity contribution in [1.29, 1.82) is 0 Å². The number of hydrogen-bond acceptors (Lipinski definition) is 5. The van der Waals surface area contributed by atoms with Crippen LogP contribution in [0.4, 0.5) is 5.95 Å². The molecule has 0 amide bonds. The van der Waals surface area contributed by atoms with E-state index in [9.17, 15) is 0 Å². The lowest BCUT2D eigenvalue weighted by Gasteiger charge is -2.38. The largest absolute Gasteiger partial charge is 0.284 e. The minimum Gasteiger partial charge on any atom is -0.284 e. The summed E-state index contributed by atoms with van der Waals surface area (Å²) in [5.41, 5.74) is 3.18. The van der Waals surface area contributed by atoms with Crippen molar-refractivity contribution in [2.75, 3.05) is 5.43 Å². The third-order valence-corrected chi connectivity index (χ3v) is 2.77. The highest BCUT2D eigenvalue weighted by Crippen LogP contribution is 2.21. The Bertz CT molecular complexity index is 261. The van der Waals surface area contributed by atoms with Gasteiger partial charge in [-0.25, -0.2) is 5.01 Å². The van der Waals surface area contributed by atoms with Gasteiger partial charge in [0, 0.05) is 12.1 Å². The van der Waals surface area contributed by atoms with Crippen LogP contribution in [0.15, 0.2) is 0 Å². The number of rotatable bonds is 2. The summed E-state index contributed by atoms with van der Waals surface area (Å²) in [6.07, 6.45) is 3.73. The molecule has 0 saturated carbocycles. The fourth-order valence-corrected chi connectivity index (χ4v) is 1.97. The Morgan fingerprint density at radius 1 is 1.36 bits per heavy atom. The van der Waals surface area contributed by atoms with Gasteiger partial charge in [0.05, 0.1) is 0 Å². The lowest BCUT2D eigenvalue weighted by Crippen LogP contribution is -2.47. The van der Waals surface area contributed by atoms with Gasteiger partial charge in [-0.15, -0.1) is 5.10 Å². The normalized spacial score (nSPS) is 29.0. The maximum absolute atomic E-state index is 3.88. The van der Waals surface area contributed by atoms with Crippen LogP contribution < -0.4 is 5.43 Å². The molecular weight excluding hydrogens is 180 g/mol. The first-order chi connectivity index (χ1) is 6.77. The molecule has 1 aromatic heterocycles. The van der Waals surface area contributed by atoms with Gasteiger partial charge in [-0.3, -0.25) is 5.43 Å². The van der Waals surface area contributed by atoms with Crippen molar-refractivity contribution in [2.45, 2.75) is 45.2 Å². The second-order valence-corrected chi connectivity index (χ2v) is 3.88. The van der Waals surface area contributed by atoms with Crippen LogP contribution in [0, 0.1) is 0 Å². The van der Waals surface area contributed by atoms with Gasteiger partial charge in [0.2, 0.25) is 0 Å². The number of nitrogens with one attached hydrogen (secondary N) is 2. The third-order valence-electron chi connectivity index (χ3n) is 2.77. The minimum atomic E-state index is 0.525. The molecule has 2 N–H and O–H groups in total. The van der Waals surface area contributed by atoms with Gasteiger partial charge >= 0.3 is 0 Å². The number of anilines is 1. The number of H-pyrrole nitrogens is 1. The molecule has 1 saturated heterocycles. The van der Waals surface area contributed by atoms with Gasteiger partial charge < -0.3 is 0 Å². The predicted octanol–water partition coefficient (Wildman–Crippen LogP) is 0.789. The highest BCUT2D eigenvalue weighted by atomic mass is 15.6. The van der Waals surface area contributed by atoms with Crippen LogP contribution in [-0.2, 0) is 0 Å². The summed E-state index contributed by atoms with van der Waals surface area (Å²) in [4.78, 5) is 0. The maximum Gasteiger partial charge on any atom is 0.277 e. The van der Waals surface area contributed by atoms with E-state index in [0.29, 0.717) is 18.0 Å². The van der Waals surface area contributed by atoms with E-state index in [1.54, 1.807) is 0 Å². The molecule has 14 heavy (non-hydrogen) atoms. The Morgan fingerprint density at radius 3 is 2.64 bits per heavy atom. The molecule has 0 radical (unpaired) electrons. The quantitative estimate of drug-likeness (QED) is 0.731. The summed E-state index contributed by atoms with van der Waals surface area (Å²) < 4.78 is 0. The highest BCUT2D eigenvalue weighted by molar-refractivity contribution is 5.17. The molecule has 78 valence electrons. The van der Waals surface area contributed by atoms with Gasteiger partial charge in [-0.05, 0) is 31.9 Å². The summed E-state index contributed by atoms with van der Waals surface area (Å²) in [6.45, 7) is 4.42. The molecule has 6 nitrogen and oxygen atoms in total. The van der Waals surface area contributed by atoms with E-state index in [-0.39, 0.29) is 0 Å². The molecule has 6 heteroatoms. The van der Waals surface area contributed by atoms with Crippen LogP contribution in [0.3, 0.4) is 0 Å². The number of nitrogens with zero attached hydrogens (tertiary/aromatic N) is 4. The zero-order chi connectivity index (χ0) is 9.97. The van der Waals surface area contributed by atoms with E-state index in [1.165, 1.54) is 19.3 Å². The number of tetrazole rings is 1. The first-order valence-electron chi connectivity index (χ1n) is 5.06. The second-order valence-electron chi connectivity index (χ2n) is 3.88. The van der Waals surface area contributed by atoms with Crippen molar-refractivity contribution in [3.8, 4) is 0 Å². The van der Waals surface area contributed by atoms with E-state index < -0.39 is 0 Å². The van der Waals surface area contributed by atoms with Gasteiger partial charge in [-0.2, -0.15) is 5.21 Å². The molecule has 1 aliphatic heterocycles. The fourth-order valence-electron chi connectivity index (χ4n) is 1.97. The predicted molar refractivity (Wildman–Crippen MR) is 52.4 cm³/mol. The van der Waals surface area contributed by atoms with Crippen molar-refractivity contribution in [3.05, 3.63) is 0 Å². The number of piperidine rings is 1. The highest BCUT2D eigenvalue weighted by Gasteiger charge is 2.25. The van der Waals surface area contributed by atoms with Crippen LogP contribution in [0.25, 0.3) is 0 Å². The van der Waals surface area contributed by atoms with Gasteiger partial charge in [-0.1, -0.05) is 11.5 Å². The average Bonchev–Trinajstić information content (AvgIpc) is 2.64. The molecule has 2 unspecified atom stereocenters. The molecule has 2 heterocycles. The smallest absolute Gasteiger partial charge is 0.277 e. The molecule has 1 fully saturated rings. The molecule has 1 aromatic rings. The summed E-state index contributed by atoms with van der Waals surface area (Å²) in [6, 6.07) is 1.05. The molecule has 2 atom stereocenters. The van der Waals surface area contributed by atoms with Crippen molar-refractivity contribution in [1.82, 2.24) is 25.6 Å². The van der Waals surface area contributed by atoms with Crippen LogP contribution in [0.2, 0.25) is 0 Å². The van der Waals surface area contributed by atoms with Crippen LogP contribution in [-0.4, -0.2) is 37.7 Å². The number of hydrogen-bond donors (Lipinski definition) is 2. The molecule has 0 aromatic carbocycles. The average molecular weight is 196 g/mol. The number of aromatic amines is 1. The van der Waals surface area contributed by atoms with Crippen LogP contribution >= 0.6 is 0 Å². The first-order valence-corrected chi connectivity index (χ1v) is 5.06. The number of hydrazine groups is 1. The van der Waals surface area contributed by atoms with Crippen LogP contribution in [0.5, 0.6) is 0 Å². The molecular formula is C8H16N6. The third kappa shape index (κ3) is 1.84. The summed E-state index contributed by atoms with van der Waals surface area (Å²) in [5, 5.41) is 15.9. The zero-order valence-corrected chi connectivity index (χ0v) is 8.56. The Balaban J connectivity index is 2.01. The molecule has 0 bridgehead atoms. The lowest BCUT2D eigenvalue weighted by molar-refractivity contribution is 0.134. The Kier molecular flexibility index (Phi) is 2.62. The molecule has 1 aliphatic rings. The monoisotopic (exact) mass is 196 g/mol. The van der Waals surface area contributed by atoms with Crippen molar-refractivity contribution in [2.24, 2.45) is 0 Å². The first kappa shape index (κ1) is 9.39. The second kappa shape index (κ2) is 3.91. The van der Waals surface area contributed by atoms with Gasteiger partial charge in [0.15, 0.2) is 0 Å². The lowest BCUT2D eigenvalue weighted by atomic mass is 10.00. The summed E-state index contributed by atoms with van der Waals surface area (Å²) in [5.74, 6) is 0.547. The van der Waals surface area contributed by atoms with Crippen molar-refractivity contribution in [3.63, 3.8) is 0 Å². The Morgan fingerprint density at radius 2 is 2.07 bits per heavy atom. The van der Waals surface area contributed by atoms with Gasteiger partial charge in [0.1, 0.15) is 0 Å². The fraction of sp³-hybridized carbons (Fsp3) is 0.875. The minimum absolute atomic E-state index is 0.525.